The molecule has 2 fully saturated rings. The van der Waals surface area contributed by atoms with Crippen LogP contribution in [0.2, 0.25) is 0 Å². The van der Waals surface area contributed by atoms with Gasteiger partial charge < -0.3 is 18.8 Å². The highest BCUT2D eigenvalue weighted by molar-refractivity contribution is 7.89. The zero-order valence-electron chi connectivity index (χ0n) is 20.3. The summed E-state index contributed by atoms with van der Waals surface area (Å²) in [6, 6.07) is 11.7. The molecule has 6 rings (SSSR count). The van der Waals surface area contributed by atoms with Crippen LogP contribution in [0.1, 0.15) is 54.3 Å². The molecule has 1 atom stereocenters. The minimum Gasteiger partial charge on any atom is -0.454 e. The fourth-order valence-corrected chi connectivity index (χ4v) is 6.63. The summed E-state index contributed by atoms with van der Waals surface area (Å²) in [5.74, 6) is 1.99. The Bertz CT molecular complexity index is 1400. The van der Waals surface area contributed by atoms with Crippen LogP contribution in [-0.2, 0) is 10.0 Å². The Hall–Kier alpha value is -3.44. The lowest BCUT2D eigenvalue weighted by Crippen LogP contribution is -2.39. The lowest BCUT2D eigenvalue weighted by molar-refractivity contribution is 0.0698. The Kier molecular flexibility index (Phi) is 6.33. The number of amides is 1. The predicted molar refractivity (Wildman–Crippen MR) is 133 cm³/mol. The average Bonchev–Trinajstić information content (AvgIpc) is 3.63. The minimum atomic E-state index is -3.53. The molecule has 1 unspecified atom stereocenters. The van der Waals surface area contributed by atoms with Gasteiger partial charge in [0.05, 0.1) is 10.8 Å². The molecule has 10 nitrogen and oxygen atoms in total. The monoisotopic (exact) mass is 524 g/mol. The minimum absolute atomic E-state index is 0.0771. The molecule has 1 amide bonds. The Labute approximate surface area is 215 Å². The van der Waals surface area contributed by atoms with Crippen LogP contribution in [0.3, 0.4) is 0 Å². The number of carbonyl (C=O) groups excluding carboxylic acids is 1. The number of likely N-dealkylation sites (tertiary alicyclic amines) is 1. The van der Waals surface area contributed by atoms with E-state index in [1.807, 2.05) is 18.2 Å². The van der Waals surface area contributed by atoms with Gasteiger partial charge in [-0.2, -0.15) is 4.31 Å². The van der Waals surface area contributed by atoms with Gasteiger partial charge in [0.2, 0.25) is 28.6 Å². The van der Waals surface area contributed by atoms with Gasteiger partial charge in [-0.15, -0.1) is 10.2 Å². The molecule has 3 aromatic rings. The molecule has 2 aromatic carbocycles. The first-order chi connectivity index (χ1) is 18.0. The Morgan fingerprint density at radius 3 is 2.49 bits per heavy atom. The molecule has 0 aliphatic carbocycles. The van der Waals surface area contributed by atoms with Crippen molar-refractivity contribution >= 4 is 15.9 Å². The van der Waals surface area contributed by atoms with E-state index in [4.69, 9.17) is 13.9 Å². The van der Waals surface area contributed by atoms with Gasteiger partial charge in [-0.1, -0.05) is 6.42 Å². The molecule has 4 heterocycles. The van der Waals surface area contributed by atoms with E-state index >= 15 is 0 Å². The molecule has 37 heavy (non-hydrogen) atoms. The van der Waals surface area contributed by atoms with Crippen LogP contribution in [0.4, 0.5) is 0 Å². The number of benzene rings is 2. The summed E-state index contributed by atoms with van der Waals surface area (Å²) < 4.78 is 44.2. The van der Waals surface area contributed by atoms with E-state index in [1.165, 1.54) is 16.4 Å². The van der Waals surface area contributed by atoms with Gasteiger partial charge in [0.1, 0.15) is 0 Å². The number of carbonyl (C=O) groups is 1. The maximum absolute atomic E-state index is 13.2. The highest BCUT2D eigenvalue weighted by Gasteiger charge is 2.30. The number of hydrogen-bond donors (Lipinski definition) is 0. The van der Waals surface area contributed by atoms with Crippen LogP contribution in [0.5, 0.6) is 11.5 Å². The SMILES string of the molecule is O=C(c1ccc(S(=O)(=O)N2CCCCC2)cc1)N1CCCC(c2nnc(-c3ccc4c(c3)OCO4)o2)C1. The summed E-state index contributed by atoms with van der Waals surface area (Å²) in [6.45, 7) is 2.35. The van der Waals surface area contributed by atoms with Crippen LogP contribution < -0.4 is 9.47 Å². The lowest BCUT2D eigenvalue weighted by Gasteiger charge is -2.31. The van der Waals surface area contributed by atoms with E-state index in [-0.39, 0.29) is 23.5 Å². The smallest absolute Gasteiger partial charge is 0.253 e. The Balaban J connectivity index is 1.14. The average molecular weight is 525 g/mol. The first kappa shape index (κ1) is 23.9. The van der Waals surface area contributed by atoms with Crippen molar-refractivity contribution < 1.29 is 27.1 Å². The van der Waals surface area contributed by atoms with Gasteiger partial charge >= 0.3 is 0 Å². The summed E-state index contributed by atoms with van der Waals surface area (Å²) in [6.07, 6.45) is 4.45. The number of hydrogen-bond acceptors (Lipinski definition) is 8. The molecule has 0 N–H and O–H groups in total. The van der Waals surface area contributed by atoms with Gasteiger partial charge in [0.25, 0.3) is 5.91 Å². The highest BCUT2D eigenvalue weighted by Crippen LogP contribution is 2.36. The van der Waals surface area contributed by atoms with Crippen molar-refractivity contribution in [3.05, 3.63) is 53.9 Å². The Morgan fingerprint density at radius 1 is 0.892 bits per heavy atom. The number of rotatable bonds is 5. The van der Waals surface area contributed by atoms with E-state index in [2.05, 4.69) is 10.2 Å². The molecule has 2 saturated heterocycles. The van der Waals surface area contributed by atoms with Gasteiger partial charge in [0, 0.05) is 37.3 Å². The standard InChI is InChI=1S/C26H28N4O6S/c31-26(18-6-9-21(10-7-18)37(32,33)30-13-2-1-3-14-30)29-12-4-5-20(16-29)25-28-27-24(36-25)19-8-11-22-23(15-19)35-17-34-22/h6-11,15,20H,1-5,12-14,16-17H2. The third-order valence-corrected chi connectivity index (χ3v) is 9.08. The highest BCUT2D eigenvalue weighted by atomic mass is 32.2. The summed E-state index contributed by atoms with van der Waals surface area (Å²) in [4.78, 5) is 15.2. The lowest BCUT2D eigenvalue weighted by atomic mass is 9.97. The van der Waals surface area contributed by atoms with Crippen molar-refractivity contribution in [2.45, 2.75) is 42.9 Å². The first-order valence-corrected chi connectivity index (χ1v) is 14.1. The Morgan fingerprint density at radius 2 is 1.68 bits per heavy atom. The van der Waals surface area contributed by atoms with Gasteiger partial charge in [-0.25, -0.2) is 8.42 Å². The van der Waals surface area contributed by atoms with Crippen molar-refractivity contribution in [3.8, 4) is 23.0 Å². The largest absolute Gasteiger partial charge is 0.454 e. The molecular weight excluding hydrogens is 496 g/mol. The third kappa shape index (κ3) is 4.69. The quantitative estimate of drug-likeness (QED) is 0.497. The summed E-state index contributed by atoms with van der Waals surface area (Å²) in [5.41, 5.74) is 1.20. The summed E-state index contributed by atoms with van der Waals surface area (Å²) in [5, 5.41) is 8.47. The molecule has 11 heteroatoms. The van der Waals surface area contributed by atoms with Crippen LogP contribution in [0.15, 0.2) is 51.8 Å². The first-order valence-electron chi connectivity index (χ1n) is 12.6. The van der Waals surface area contributed by atoms with Gasteiger partial charge in [-0.3, -0.25) is 4.79 Å². The second-order valence-corrected chi connectivity index (χ2v) is 11.5. The van der Waals surface area contributed by atoms with Crippen LogP contribution >= 0.6 is 0 Å². The maximum atomic E-state index is 13.2. The molecule has 3 aliphatic rings. The molecule has 194 valence electrons. The van der Waals surface area contributed by atoms with E-state index in [0.717, 1.165) is 37.7 Å². The summed E-state index contributed by atoms with van der Waals surface area (Å²) >= 11 is 0. The van der Waals surface area contributed by atoms with Crippen molar-refractivity contribution in [2.75, 3.05) is 33.0 Å². The number of piperidine rings is 2. The van der Waals surface area contributed by atoms with Crippen LogP contribution in [0.25, 0.3) is 11.5 Å². The number of sulfonamides is 1. The van der Waals surface area contributed by atoms with Crippen LogP contribution in [-0.4, -0.2) is 66.7 Å². The maximum Gasteiger partial charge on any atom is 0.253 e. The number of ether oxygens (including phenoxy) is 2. The fraction of sp³-hybridized carbons (Fsp3) is 0.423. The van der Waals surface area contributed by atoms with Crippen molar-refractivity contribution in [1.82, 2.24) is 19.4 Å². The zero-order valence-corrected chi connectivity index (χ0v) is 21.2. The zero-order chi connectivity index (χ0) is 25.4. The molecule has 3 aliphatic heterocycles. The van der Waals surface area contributed by atoms with Crippen molar-refractivity contribution in [2.24, 2.45) is 0 Å². The molecular formula is C26H28N4O6S. The molecule has 0 spiro atoms. The second kappa shape index (κ2) is 9.79. The number of aromatic nitrogens is 2. The van der Waals surface area contributed by atoms with E-state index in [1.54, 1.807) is 17.0 Å². The van der Waals surface area contributed by atoms with Crippen molar-refractivity contribution in [3.63, 3.8) is 0 Å². The topological polar surface area (TPSA) is 115 Å². The van der Waals surface area contributed by atoms with Gasteiger partial charge in [0.15, 0.2) is 11.5 Å². The molecule has 0 bridgehead atoms. The summed E-state index contributed by atoms with van der Waals surface area (Å²) in [7, 11) is -3.53. The normalized spacial score (nSPS) is 20.2. The van der Waals surface area contributed by atoms with Crippen LogP contribution in [0, 0.1) is 0 Å². The van der Waals surface area contributed by atoms with Gasteiger partial charge in [-0.05, 0) is 68.1 Å². The second-order valence-electron chi connectivity index (χ2n) is 9.59. The molecule has 1 aromatic heterocycles. The third-order valence-electron chi connectivity index (χ3n) is 7.17. The predicted octanol–water partition coefficient (Wildman–Crippen LogP) is 3.66. The number of fused-ring (bicyclic) bond motifs is 1. The van der Waals surface area contributed by atoms with Crippen molar-refractivity contribution in [1.29, 1.82) is 0 Å². The van der Waals surface area contributed by atoms with E-state index < -0.39 is 10.0 Å². The fourth-order valence-electron chi connectivity index (χ4n) is 5.12. The molecule has 0 radical (unpaired) electrons. The van der Waals surface area contributed by atoms with E-state index in [9.17, 15) is 13.2 Å². The number of nitrogens with zero attached hydrogens (tertiary/aromatic N) is 4. The van der Waals surface area contributed by atoms with E-state index in [0.29, 0.717) is 55.0 Å². The molecule has 0 saturated carbocycles.